The number of pyridine rings is 1. The number of anilines is 2. The molecule has 226 valence electrons. The molecule has 0 radical (unpaired) electrons. The summed E-state index contributed by atoms with van der Waals surface area (Å²) in [4.78, 5) is 23.1. The molecule has 0 saturated carbocycles. The first-order chi connectivity index (χ1) is 20.4. The van der Waals surface area contributed by atoms with E-state index in [1.54, 1.807) is 36.8 Å². The third-order valence-electron chi connectivity index (χ3n) is 7.05. The Kier molecular flexibility index (Phi) is 8.47. The Morgan fingerprint density at radius 2 is 1.72 bits per heavy atom. The number of carbonyl (C=O) groups is 1. The van der Waals surface area contributed by atoms with Gasteiger partial charge in [-0.05, 0) is 66.8 Å². The number of nitrogens with one attached hydrogen (secondary N) is 2. The van der Waals surface area contributed by atoms with Crippen LogP contribution in [0.1, 0.15) is 18.4 Å². The van der Waals surface area contributed by atoms with E-state index >= 15 is 0 Å². The number of aromatic nitrogens is 1. The zero-order valence-electron chi connectivity index (χ0n) is 22.9. The van der Waals surface area contributed by atoms with Crippen LogP contribution in [0.5, 0.6) is 0 Å². The van der Waals surface area contributed by atoms with Crippen LogP contribution >= 0.6 is 0 Å². The maximum absolute atomic E-state index is 15.0. The van der Waals surface area contributed by atoms with Crippen LogP contribution in [0.4, 0.5) is 42.5 Å². The SMILES string of the molecule is Cc1cc(F)cc(-c2cnc3ccc(-c4cc(F)cc(F)c4NC(=O)NOCC(F)(F)F)cc3c2N2CCC(N)CC2)c1. The molecule has 0 bridgehead atoms. The van der Waals surface area contributed by atoms with Crippen molar-refractivity contribution in [3.63, 3.8) is 0 Å². The van der Waals surface area contributed by atoms with Crippen LogP contribution in [0.3, 0.4) is 0 Å². The lowest BCUT2D eigenvalue weighted by Crippen LogP contribution is -2.40. The number of urea groups is 1. The van der Waals surface area contributed by atoms with E-state index < -0.39 is 42.0 Å². The topological polar surface area (TPSA) is 92.5 Å². The molecule has 1 aliphatic rings. The fourth-order valence-corrected chi connectivity index (χ4v) is 5.16. The molecule has 2 heterocycles. The standard InChI is InChI=1S/C30H27F6N5O2/c1-16-8-18(10-19(31)9-16)24-14-38-26-3-2-17(11-23(26)28(24)41-6-4-21(37)5-7-41)22-12-20(32)13-25(33)27(22)39-29(42)40-43-15-30(34,35)36/h2-3,8-14,21H,4-7,15,37H2,1H3,(H2,39,40,42). The van der Waals surface area contributed by atoms with E-state index in [1.165, 1.54) is 12.1 Å². The summed E-state index contributed by atoms with van der Waals surface area (Å²) in [5.74, 6) is -2.52. The van der Waals surface area contributed by atoms with Gasteiger partial charge in [-0.2, -0.15) is 13.2 Å². The normalized spacial score (nSPS) is 14.3. The number of carbonyl (C=O) groups excluding carboxylic acids is 1. The lowest BCUT2D eigenvalue weighted by Gasteiger charge is -2.34. The van der Waals surface area contributed by atoms with Crippen LogP contribution in [0.15, 0.2) is 54.7 Å². The number of hydrogen-bond donors (Lipinski definition) is 3. The number of nitrogens with zero attached hydrogens (tertiary/aromatic N) is 2. The highest BCUT2D eigenvalue weighted by molar-refractivity contribution is 6.03. The summed E-state index contributed by atoms with van der Waals surface area (Å²) >= 11 is 0. The molecule has 1 aromatic heterocycles. The van der Waals surface area contributed by atoms with Gasteiger partial charge in [0.05, 0.1) is 16.9 Å². The Labute approximate surface area is 242 Å². The van der Waals surface area contributed by atoms with E-state index in [-0.39, 0.29) is 17.2 Å². The fourth-order valence-electron chi connectivity index (χ4n) is 5.16. The van der Waals surface area contributed by atoms with Crippen molar-refractivity contribution in [1.82, 2.24) is 10.5 Å². The van der Waals surface area contributed by atoms with E-state index in [1.807, 2.05) is 6.07 Å². The average molecular weight is 604 g/mol. The number of hydroxylamine groups is 1. The molecule has 2 amide bonds. The van der Waals surface area contributed by atoms with Crippen molar-refractivity contribution >= 4 is 28.3 Å². The van der Waals surface area contributed by atoms with Gasteiger partial charge in [0, 0.05) is 47.9 Å². The second kappa shape index (κ2) is 12.1. The zero-order valence-corrected chi connectivity index (χ0v) is 22.9. The van der Waals surface area contributed by atoms with Gasteiger partial charge in [0.2, 0.25) is 0 Å². The Hall–Kier alpha value is -4.36. The van der Waals surface area contributed by atoms with Gasteiger partial charge in [-0.1, -0.05) is 12.1 Å². The van der Waals surface area contributed by atoms with Gasteiger partial charge in [-0.3, -0.25) is 9.82 Å². The summed E-state index contributed by atoms with van der Waals surface area (Å²) < 4.78 is 81.1. The highest BCUT2D eigenvalue weighted by atomic mass is 19.4. The van der Waals surface area contributed by atoms with E-state index in [2.05, 4.69) is 20.0 Å². The second-order valence-corrected chi connectivity index (χ2v) is 10.4. The molecular formula is C30H27F6N5O2. The molecule has 4 N–H and O–H groups in total. The molecule has 13 heteroatoms. The highest BCUT2D eigenvalue weighted by Crippen LogP contribution is 2.41. The molecule has 0 spiro atoms. The number of aryl methyl sites for hydroxylation is 1. The molecule has 1 fully saturated rings. The van der Waals surface area contributed by atoms with Crippen LogP contribution in [0.25, 0.3) is 33.2 Å². The third-order valence-corrected chi connectivity index (χ3v) is 7.05. The van der Waals surface area contributed by atoms with Crippen molar-refractivity contribution in [2.75, 3.05) is 29.9 Å². The van der Waals surface area contributed by atoms with E-state index in [0.29, 0.717) is 59.6 Å². The highest BCUT2D eigenvalue weighted by Gasteiger charge is 2.28. The summed E-state index contributed by atoms with van der Waals surface area (Å²) in [6, 6.07) is 9.74. The predicted octanol–water partition coefficient (Wildman–Crippen LogP) is 6.84. The lowest BCUT2D eigenvalue weighted by molar-refractivity contribution is -0.183. The number of rotatable bonds is 6. The van der Waals surface area contributed by atoms with Crippen LogP contribution in [0, 0.1) is 24.4 Å². The number of piperidine rings is 1. The van der Waals surface area contributed by atoms with E-state index in [0.717, 1.165) is 11.8 Å². The fraction of sp³-hybridized carbons (Fsp3) is 0.267. The summed E-state index contributed by atoms with van der Waals surface area (Å²) in [6.45, 7) is 1.21. The number of nitrogens with two attached hydrogens (primary N) is 1. The molecule has 0 aliphatic carbocycles. The molecule has 5 rings (SSSR count). The van der Waals surface area contributed by atoms with Crippen LogP contribution in [-0.4, -0.2) is 42.9 Å². The molecule has 3 aromatic carbocycles. The number of fused-ring (bicyclic) bond motifs is 1. The monoisotopic (exact) mass is 603 g/mol. The van der Waals surface area contributed by atoms with Crippen molar-refractivity contribution in [1.29, 1.82) is 0 Å². The van der Waals surface area contributed by atoms with Crippen molar-refractivity contribution in [2.24, 2.45) is 5.73 Å². The molecule has 1 aliphatic heterocycles. The molecule has 1 saturated heterocycles. The van der Waals surface area contributed by atoms with E-state index in [9.17, 15) is 31.1 Å². The van der Waals surface area contributed by atoms with Gasteiger partial charge in [-0.15, -0.1) is 0 Å². The molecule has 43 heavy (non-hydrogen) atoms. The largest absolute Gasteiger partial charge is 0.414 e. The van der Waals surface area contributed by atoms with Gasteiger partial charge >= 0.3 is 12.2 Å². The number of halogens is 6. The van der Waals surface area contributed by atoms with Gasteiger partial charge in [0.1, 0.15) is 17.5 Å². The van der Waals surface area contributed by atoms with Gasteiger partial charge in [0.25, 0.3) is 0 Å². The summed E-state index contributed by atoms with van der Waals surface area (Å²) in [5, 5.41) is 2.70. The number of alkyl halides is 3. The number of benzene rings is 3. The van der Waals surface area contributed by atoms with Crippen molar-refractivity contribution in [3.05, 3.63) is 77.7 Å². The summed E-state index contributed by atoms with van der Waals surface area (Å²) in [5.41, 5.74) is 10.6. The smallest absolute Gasteiger partial charge is 0.370 e. The number of amides is 2. The van der Waals surface area contributed by atoms with Crippen LogP contribution in [0.2, 0.25) is 0 Å². The number of hydrogen-bond acceptors (Lipinski definition) is 5. The van der Waals surface area contributed by atoms with E-state index in [4.69, 9.17) is 5.73 Å². The Morgan fingerprint density at radius 1 is 1.00 bits per heavy atom. The van der Waals surface area contributed by atoms with Gasteiger partial charge < -0.3 is 16.0 Å². The maximum Gasteiger partial charge on any atom is 0.414 e. The Bertz CT molecular complexity index is 1650. The molecule has 0 unspecified atom stereocenters. The van der Waals surface area contributed by atoms with Crippen molar-refractivity contribution in [2.45, 2.75) is 32.0 Å². The third kappa shape index (κ3) is 7.00. The second-order valence-electron chi connectivity index (χ2n) is 10.4. The minimum absolute atomic E-state index is 0.0231. The lowest BCUT2D eigenvalue weighted by atomic mass is 9.95. The zero-order chi connectivity index (χ0) is 30.9. The van der Waals surface area contributed by atoms with Crippen LogP contribution in [-0.2, 0) is 4.84 Å². The Morgan fingerprint density at radius 3 is 2.42 bits per heavy atom. The Balaban J connectivity index is 1.62. The molecule has 4 aromatic rings. The minimum atomic E-state index is -4.71. The first kappa shape index (κ1) is 30.1. The molecular weight excluding hydrogens is 576 g/mol. The minimum Gasteiger partial charge on any atom is -0.370 e. The first-order valence-electron chi connectivity index (χ1n) is 13.3. The summed E-state index contributed by atoms with van der Waals surface area (Å²) in [7, 11) is 0. The summed E-state index contributed by atoms with van der Waals surface area (Å²) in [6.07, 6.45) is -1.64. The quantitative estimate of drug-likeness (QED) is 0.166. The molecule has 7 nitrogen and oxygen atoms in total. The first-order valence-corrected chi connectivity index (χ1v) is 13.3. The van der Waals surface area contributed by atoms with Gasteiger partial charge in [0.15, 0.2) is 6.61 Å². The predicted molar refractivity (Wildman–Crippen MR) is 151 cm³/mol. The van der Waals surface area contributed by atoms with Crippen LogP contribution < -0.4 is 21.4 Å². The molecule has 0 atom stereocenters. The van der Waals surface area contributed by atoms with Gasteiger partial charge in [-0.25, -0.2) is 23.4 Å². The van der Waals surface area contributed by atoms with Crippen molar-refractivity contribution in [3.8, 4) is 22.3 Å². The maximum atomic E-state index is 15.0. The average Bonchev–Trinajstić information content (AvgIpc) is 2.93. The van der Waals surface area contributed by atoms with Crippen molar-refractivity contribution < 1.29 is 36.0 Å².